The molecule has 110 valence electrons. The van der Waals surface area contributed by atoms with Gasteiger partial charge in [-0.2, -0.15) is 0 Å². The third kappa shape index (κ3) is 2.74. The fraction of sp³-hybridized carbons (Fsp3) is 0.400. The summed E-state index contributed by atoms with van der Waals surface area (Å²) in [5.41, 5.74) is 3.63. The van der Waals surface area contributed by atoms with Gasteiger partial charge in [0.2, 0.25) is 5.91 Å². The molecule has 1 saturated heterocycles. The number of fused-ring (bicyclic) bond motifs is 1. The summed E-state index contributed by atoms with van der Waals surface area (Å²) >= 11 is 0. The van der Waals surface area contributed by atoms with Crippen molar-refractivity contribution in [3.8, 4) is 0 Å². The van der Waals surface area contributed by atoms with Crippen molar-refractivity contribution in [3.63, 3.8) is 0 Å². The molecule has 2 atom stereocenters. The summed E-state index contributed by atoms with van der Waals surface area (Å²) < 4.78 is 0. The molecule has 0 aromatic heterocycles. The second-order valence-electron chi connectivity index (χ2n) is 5.58. The third-order valence-corrected chi connectivity index (χ3v) is 3.96. The molecule has 1 aliphatic heterocycles. The van der Waals surface area contributed by atoms with Gasteiger partial charge >= 0.3 is 6.03 Å². The van der Waals surface area contributed by atoms with Crippen molar-refractivity contribution < 1.29 is 14.4 Å². The van der Waals surface area contributed by atoms with E-state index in [1.807, 2.05) is 19.1 Å². The molecule has 3 rings (SSSR count). The molecular formula is C15H17N3O3. The highest BCUT2D eigenvalue weighted by molar-refractivity contribution is 6.05. The molecule has 0 bridgehead atoms. The molecule has 1 aliphatic carbocycles. The molecule has 6 heteroatoms. The van der Waals surface area contributed by atoms with E-state index in [1.165, 1.54) is 11.1 Å². The first-order valence-corrected chi connectivity index (χ1v) is 7.03. The topological polar surface area (TPSA) is 87.3 Å². The number of aryl methyl sites for hydroxylation is 2. The van der Waals surface area contributed by atoms with E-state index in [2.05, 4.69) is 22.0 Å². The Kier molecular flexibility index (Phi) is 3.37. The van der Waals surface area contributed by atoms with Crippen molar-refractivity contribution in [1.82, 2.24) is 16.0 Å². The van der Waals surface area contributed by atoms with Crippen LogP contribution in [0, 0.1) is 6.92 Å². The first kappa shape index (κ1) is 13.6. The van der Waals surface area contributed by atoms with Crippen LogP contribution in [0.2, 0.25) is 0 Å². The zero-order chi connectivity index (χ0) is 15.0. The Hall–Kier alpha value is -2.37. The van der Waals surface area contributed by atoms with Gasteiger partial charge < -0.3 is 10.6 Å². The van der Waals surface area contributed by atoms with Crippen molar-refractivity contribution in [2.45, 2.75) is 38.3 Å². The van der Waals surface area contributed by atoms with Gasteiger partial charge in [0.05, 0.1) is 12.5 Å². The minimum atomic E-state index is -0.767. The van der Waals surface area contributed by atoms with E-state index >= 15 is 0 Å². The quantitative estimate of drug-likeness (QED) is 0.715. The summed E-state index contributed by atoms with van der Waals surface area (Å²) in [7, 11) is 0. The van der Waals surface area contributed by atoms with Gasteiger partial charge in [-0.25, -0.2) is 4.79 Å². The van der Waals surface area contributed by atoms with Crippen molar-refractivity contribution in [1.29, 1.82) is 0 Å². The largest absolute Gasteiger partial charge is 0.349 e. The summed E-state index contributed by atoms with van der Waals surface area (Å²) in [4.78, 5) is 34.5. The maximum absolute atomic E-state index is 12.0. The van der Waals surface area contributed by atoms with Crippen LogP contribution in [0.5, 0.6) is 0 Å². The van der Waals surface area contributed by atoms with Gasteiger partial charge in [0.25, 0.3) is 5.91 Å². The number of nitrogens with one attached hydrogen (secondary N) is 3. The van der Waals surface area contributed by atoms with Gasteiger partial charge in [-0.05, 0) is 30.9 Å². The Morgan fingerprint density at radius 1 is 1.38 bits per heavy atom. The number of urea groups is 1. The van der Waals surface area contributed by atoms with Crippen LogP contribution in [0.25, 0.3) is 0 Å². The van der Waals surface area contributed by atoms with Gasteiger partial charge in [-0.3, -0.25) is 14.9 Å². The minimum absolute atomic E-state index is 0.00624. The van der Waals surface area contributed by atoms with E-state index in [0.717, 1.165) is 18.4 Å². The fourth-order valence-corrected chi connectivity index (χ4v) is 2.94. The number of imide groups is 1. The summed E-state index contributed by atoms with van der Waals surface area (Å²) in [5, 5.41) is 7.49. The van der Waals surface area contributed by atoms with E-state index < -0.39 is 18.0 Å². The van der Waals surface area contributed by atoms with Crippen molar-refractivity contribution in [3.05, 3.63) is 34.9 Å². The Labute approximate surface area is 122 Å². The van der Waals surface area contributed by atoms with E-state index in [1.54, 1.807) is 0 Å². The number of amides is 4. The number of hydrogen-bond donors (Lipinski definition) is 3. The Morgan fingerprint density at radius 3 is 2.90 bits per heavy atom. The van der Waals surface area contributed by atoms with Gasteiger partial charge in [-0.15, -0.1) is 0 Å². The predicted octanol–water partition coefficient (Wildman–Crippen LogP) is 0.697. The maximum Gasteiger partial charge on any atom is 0.322 e. The summed E-state index contributed by atoms with van der Waals surface area (Å²) in [6, 6.07) is 4.91. The third-order valence-electron chi connectivity index (χ3n) is 3.96. The molecule has 21 heavy (non-hydrogen) atoms. The SMILES string of the molecule is Cc1ccc2c(c1)CCC2NC(=O)CC1NC(=O)NC1=O. The smallest absolute Gasteiger partial charge is 0.322 e. The second-order valence-corrected chi connectivity index (χ2v) is 5.58. The summed E-state index contributed by atoms with van der Waals surface area (Å²) in [6.45, 7) is 2.05. The molecule has 4 amide bonds. The molecule has 1 heterocycles. The van der Waals surface area contributed by atoms with Gasteiger partial charge in [0, 0.05) is 0 Å². The molecule has 1 fully saturated rings. The van der Waals surface area contributed by atoms with Crippen LogP contribution >= 0.6 is 0 Å². The lowest BCUT2D eigenvalue weighted by atomic mass is 10.1. The highest BCUT2D eigenvalue weighted by atomic mass is 16.2. The van der Waals surface area contributed by atoms with Gasteiger partial charge in [0.15, 0.2) is 0 Å². The highest BCUT2D eigenvalue weighted by Crippen LogP contribution is 2.31. The molecule has 2 unspecified atom stereocenters. The Bertz CT molecular complexity index is 627. The molecule has 1 aromatic carbocycles. The molecule has 0 saturated carbocycles. The lowest BCUT2D eigenvalue weighted by Gasteiger charge is -2.15. The van der Waals surface area contributed by atoms with Crippen molar-refractivity contribution in [2.24, 2.45) is 0 Å². The normalized spacial score (nSPS) is 23.5. The van der Waals surface area contributed by atoms with Gasteiger partial charge in [-0.1, -0.05) is 23.8 Å². The van der Waals surface area contributed by atoms with E-state index in [4.69, 9.17) is 0 Å². The van der Waals surface area contributed by atoms with Crippen LogP contribution in [-0.4, -0.2) is 23.9 Å². The standard InChI is InChI=1S/C15H17N3O3/c1-8-2-4-10-9(6-8)3-5-11(10)16-13(19)7-12-14(20)18-15(21)17-12/h2,4,6,11-12H,3,5,7H2,1H3,(H,16,19)(H2,17,18,20,21). The van der Waals surface area contributed by atoms with Crippen LogP contribution in [0.1, 0.15) is 35.6 Å². The summed E-state index contributed by atoms with van der Waals surface area (Å²) in [6.07, 6.45) is 1.78. The van der Waals surface area contributed by atoms with E-state index in [9.17, 15) is 14.4 Å². The van der Waals surface area contributed by atoms with Crippen LogP contribution in [-0.2, 0) is 16.0 Å². The number of carbonyl (C=O) groups excluding carboxylic acids is 3. The zero-order valence-corrected chi connectivity index (χ0v) is 11.7. The Morgan fingerprint density at radius 2 is 2.19 bits per heavy atom. The average Bonchev–Trinajstić information content (AvgIpc) is 2.93. The van der Waals surface area contributed by atoms with Crippen LogP contribution in [0.15, 0.2) is 18.2 Å². The molecule has 0 spiro atoms. The fourth-order valence-electron chi connectivity index (χ4n) is 2.94. The van der Waals surface area contributed by atoms with Crippen molar-refractivity contribution >= 4 is 17.8 Å². The Balaban J connectivity index is 1.62. The van der Waals surface area contributed by atoms with Crippen LogP contribution in [0.4, 0.5) is 4.79 Å². The van der Waals surface area contributed by atoms with E-state index in [0.29, 0.717) is 0 Å². The number of rotatable bonds is 3. The molecule has 2 aliphatic rings. The number of hydrogen-bond acceptors (Lipinski definition) is 3. The lowest BCUT2D eigenvalue weighted by Crippen LogP contribution is -2.37. The van der Waals surface area contributed by atoms with Crippen LogP contribution in [0.3, 0.4) is 0 Å². The highest BCUT2D eigenvalue weighted by Gasteiger charge is 2.32. The van der Waals surface area contributed by atoms with Gasteiger partial charge in [0.1, 0.15) is 6.04 Å². The molecule has 3 N–H and O–H groups in total. The minimum Gasteiger partial charge on any atom is -0.349 e. The van der Waals surface area contributed by atoms with E-state index in [-0.39, 0.29) is 18.4 Å². The second kappa shape index (κ2) is 5.20. The summed E-state index contributed by atoms with van der Waals surface area (Å²) in [5.74, 6) is -0.673. The first-order chi connectivity index (χ1) is 10.0. The molecule has 6 nitrogen and oxygen atoms in total. The molecule has 0 radical (unpaired) electrons. The van der Waals surface area contributed by atoms with Crippen LogP contribution < -0.4 is 16.0 Å². The monoisotopic (exact) mass is 287 g/mol. The number of benzene rings is 1. The van der Waals surface area contributed by atoms with Crippen molar-refractivity contribution in [2.75, 3.05) is 0 Å². The molecular weight excluding hydrogens is 270 g/mol. The number of carbonyl (C=O) groups is 3. The predicted molar refractivity (Wildman–Crippen MR) is 75.5 cm³/mol. The zero-order valence-electron chi connectivity index (χ0n) is 11.7. The first-order valence-electron chi connectivity index (χ1n) is 7.03. The average molecular weight is 287 g/mol. The lowest BCUT2D eigenvalue weighted by molar-refractivity contribution is -0.126. The maximum atomic E-state index is 12.0. The molecule has 1 aromatic rings.